The topological polar surface area (TPSA) is 41.6 Å². The van der Waals surface area contributed by atoms with Crippen molar-refractivity contribution in [2.75, 3.05) is 32.8 Å². The van der Waals surface area contributed by atoms with Crippen molar-refractivity contribution in [1.82, 2.24) is 10.2 Å². The first-order chi connectivity index (χ1) is 8.86. The minimum atomic E-state index is 0.221. The summed E-state index contributed by atoms with van der Waals surface area (Å²) in [5, 5.41) is 3.29. The molecular weight excluding hydrogens is 228 g/mol. The van der Waals surface area contributed by atoms with Gasteiger partial charge in [-0.2, -0.15) is 0 Å². The second-order valence-corrected chi connectivity index (χ2v) is 4.41. The van der Waals surface area contributed by atoms with E-state index >= 15 is 0 Å². The third-order valence-electron chi connectivity index (χ3n) is 3.05. The first-order valence-electron chi connectivity index (χ1n) is 6.46. The normalized spacial score (nSPS) is 15.7. The summed E-state index contributed by atoms with van der Waals surface area (Å²) in [6.45, 7) is 4.35. The molecule has 1 aliphatic rings. The third kappa shape index (κ3) is 4.13. The van der Waals surface area contributed by atoms with E-state index in [0.29, 0.717) is 19.6 Å². The number of hydrogen-bond acceptors (Lipinski definition) is 3. The Morgan fingerprint density at radius 3 is 2.67 bits per heavy atom. The van der Waals surface area contributed by atoms with Crippen LogP contribution in [0.25, 0.3) is 0 Å². The molecule has 0 saturated carbocycles. The Labute approximate surface area is 108 Å². The van der Waals surface area contributed by atoms with Crippen molar-refractivity contribution in [1.29, 1.82) is 0 Å². The summed E-state index contributed by atoms with van der Waals surface area (Å²) in [6.07, 6.45) is 0.562. The first kappa shape index (κ1) is 13.1. The fraction of sp³-hybridized carbons (Fsp3) is 0.500. The van der Waals surface area contributed by atoms with Gasteiger partial charge in [0.2, 0.25) is 5.91 Å². The molecule has 0 atom stereocenters. The van der Waals surface area contributed by atoms with Crippen LogP contribution in [0.1, 0.15) is 12.0 Å². The molecule has 0 aliphatic carbocycles. The number of hydrogen-bond donors (Lipinski definition) is 1. The molecule has 1 aromatic carbocycles. The van der Waals surface area contributed by atoms with Crippen molar-refractivity contribution in [3.05, 3.63) is 35.9 Å². The number of carbonyl (C=O) groups is 1. The van der Waals surface area contributed by atoms with Gasteiger partial charge in [-0.15, -0.1) is 0 Å². The van der Waals surface area contributed by atoms with Gasteiger partial charge in [0.05, 0.1) is 13.2 Å². The lowest BCUT2D eigenvalue weighted by Crippen LogP contribution is -2.41. The minimum absolute atomic E-state index is 0.221. The maximum atomic E-state index is 11.8. The van der Waals surface area contributed by atoms with E-state index in [1.165, 1.54) is 5.56 Å². The Kier molecular flexibility index (Phi) is 5.17. The summed E-state index contributed by atoms with van der Waals surface area (Å²) >= 11 is 0. The average Bonchev–Trinajstić information content (AvgIpc) is 2.45. The van der Waals surface area contributed by atoms with Crippen LogP contribution >= 0.6 is 0 Å². The van der Waals surface area contributed by atoms with Crippen molar-refractivity contribution in [3.8, 4) is 0 Å². The zero-order chi connectivity index (χ0) is 12.6. The van der Waals surface area contributed by atoms with Crippen LogP contribution in [0.4, 0.5) is 0 Å². The van der Waals surface area contributed by atoms with Crippen LogP contribution in [0, 0.1) is 0 Å². The van der Waals surface area contributed by atoms with Crippen molar-refractivity contribution < 1.29 is 9.53 Å². The van der Waals surface area contributed by atoms with Crippen LogP contribution in [0.15, 0.2) is 30.3 Å². The lowest BCUT2D eigenvalue weighted by atomic mass is 10.2. The molecule has 1 heterocycles. The SMILES string of the molecule is O=C(CCNCc1ccccc1)N1CCOCC1. The predicted octanol–water partition coefficient (Wildman–Crippen LogP) is 1.03. The van der Waals surface area contributed by atoms with E-state index in [0.717, 1.165) is 26.2 Å². The van der Waals surface area contributed by atoms with Gasteiger partial charge in [-0.05, 0) is 5.56 Å². The van der Waals surface area contributed by atoms with E-state index in [9.17, 15) is 4.79 Å². The molecule has 4 nitrogen and oxygen atoms in total. The van der Waals surface area contributed by atoms with Gasteiger partial charge >= 0.3 is 0 Å². The summed E-state index contributed by atoms with van der Waals surface area (Å²) in [6, 6.07) is 10.2. The van der Waals surface area contributed by atoms with Gasteiger partial charge in [-0.3, -0.25) is 4.79 Å². The highest BCUT2D eigenvalue weighted by Crippen LogP contribution is 2.00. The summed E-state index contributed by atoms with van der Waals surface area (Å²) in [5.74, 6) is 0.221. The van der Waals surface area contributed by atoms with Crippen LogP contribution in [0.5, 0.6) is 0 Å². The van der Waals surface area contributed by atoms with Crippen molar-refractivity contribution in [2.24, 2.45) is 0 Å². The molecule has 0 bridgehead atoms. The van der Waals surface area contributed by atoms with Crippen LogP contribution in [-0.2, 0) is 16.1 Å². The van der Waals surface area contributed by atoms with Crippen molar-refractivity contribution in [3.63, 3.8) is 0 Å². The van der Waals surface area contributed by atoms with Gasteiger partial charge in [0.1, 0.15) is 0 Å². The Morgan fingerprint density at radius 2 is 1.94 bits per heavy atom. The molecule has 0 spiro atoms. The second-order valence-electron chi connectivity index (χ2n) is 4.41. The number of carbonyl (C=O) groups excluding carboxylic acids is 1. The largest absolute Gasteiger partial charge is 0.378 e. The highest BCUT2D eigenvalue weighted by molar-refractivity contribution is 5.76. The number of benzene rings is 1. The molecule has 1 aliphatic heterocycles. The van der Waals surface area contributed by atoms with Gasteiger partial charge in [0.25, 0.3) is 0 Å². The predicted molar refractivity (Wildman–Crippen MR) is 70.2 cm³/mol. The molecule has 1 amide bonds. The van der Waals surface area contributed by atoms with Gasteiger partial charge < -0.3 is 15.0 Å². The maximum absolute atomic E-state index is 11.8. The summed E-state index contributed by atoms with van der Waals surface area (Å²) in [5.41, 5.74) is 1.25. The molecule has 0 radical (unpaired) electrons. The lowest BCUT2D eigenvalue weighted by Gasteiger charge is -2.26. The molecule has 1 N–H and O–H groups in total. The molecule has 1 aromatic rings. The summed E-state index contributed by atoms with van der Waals surface area (Å²) < 4.78 is 5.22. The van der Waals surface area contributed by atoms with Gasteiger partial charge in [-0.1, -0.05) is 30.3 Å². The molecule has 1 fully saturated rings. The summed E-state index contributed by atoms with van der Waals surface area (Å²) in [4.78, 5) is 13.7. The molecule has 0 unspecified atom stereocenters. The molecular formula is C14H20N2O2. The number of nitrogens with one attached hydrogen (secondary N) is 1. The molecule has 18 heavy (non-hydrogen) atoms. The fourth-order valence-electron chi connectivity index (χ4n) is 1.99. The van der Waals surface area contributed by atoms with E-state index in [1.807, 2.05) is 23.1 Å². The zero-order valence-electron chi connectivity index (χ0n) is 10.6. The van der Waals surface area contributed by atoms with E-state index in [2.05, 4.69) is 17.4 Å². The molecule has 4 heteroatoms. The Morgan fingerprint density at radius 1 is 1.22 bits per heavy atom. The molecule has 1 saturated heterocycles. The van der Waals surface area contributed by atoms with E-state index in [4.69, 9.17) is 4.74 Å². The quantitative estimate of drug-likeness (QED) is 0.791. The van der Waals surface area contributed by atoms with Crippen molar-refractivity contribution in [2.45, 2.75) is 13.0 Å². The minimum Gasteiger partial charge on any atom is -0.378 e. The van der Waals surface area contributed by atoms with Gasteiger partial charge in [0, 0.05) is 32.6 Å². The molecule has 2 rings (SSSR count). The fourth-order valence-corrected chi connectivity index (χ4v) is 1.99. The maximum Gasteiger partial charge on any atom is 0.224 e. The van der Waals surface area contributed by atoms with E-state index in [-0.39, 0.29) is 5.91 Å². The zero-order valence-corrected chi connectivity index (χ0v) is 10.6. The van der Waals surface area contributed by atoms with Crippen LogP contribution in [0.3, 0.4) is 0 Å². The third-order valence-corrected chi connectivity index (χ3v) is 3.05. The number of ether oxygens (including phenoxy) is 1. The van der Waals surface area contributed by atoms with Crippen molar-refractivity contribution >= 4 is 5.91 Å². The van der Waals surface area contributed by atoms with Gasteiger partial charge in [0.15, 0.2) is 0 Å². The number of rotatable bonds is 5. The Hall–Kier alpha value is -1.39. The van der Waals surface area contributed by atoms with E-state index in [1.54, 1.807) is 0 Å². The number of nitrogens with zero attached hydrogens (tertiary/aromatic N) is 1. The van der Waals surface area contributed by atoms with E-state index < -0.39 is 0 Å². The first-order valence-corrected chi connectivity index (χ1v) is 6.46. The number of amides is 1. The molecule has 98 valence electrons. The second kappa shape index (κ2) is 7.13. The van der Waals surface area contributed by atoms with Gasteiger partial charge in [-0.25, -0.2) is 0 Å². The Bertz CT molecular complexity index is 361. The number of morpholine rings is 1. The average molecular weight is 248 g/mol. The molecule has 0 aromatic heterocycles. The highest BCUT2D eigenvalue weighted by atomic mass is 16.5. The Balaban J connectivity index is 1.61. The lowest BCUT2D eigenvalue weighted by molar-refractivity contribution is -0.135. The highest BCUT2D eigenvalue weighted by Gasteiger charge is 2.15. The summed E-state index contributed by atoms with van der Waals surface area (Å²) in [7, 11) is 0. The monoisotopic (exact) mass is 248 g/mol. The standard InChI is InChI=1S/C14H20N2O2/c17-14(16-8-10-18-11-9-16)6-7-15-12-13-4-2-1-3-5-13/h1-5,15H,6-12H2. The smallest absolute Gasteiger partial charge is 0.224 e. The van der Waals surface area contributed by atoms with Crippen LogP contribution < -0.4 is 5.32 Å². The van der Waals surface area contributed by atoms with Crippen LogP contribution in [-0.4, -0.2) is 43.7 Å². The van der Waals surface area contributed by atoms with Crippen LogP contribution in [0.2, 0.25) is 0 Å².